The number of aromatic nitrogens is 2. The molecule has 116 valence electrons. The number of hydrogen-bond donors (Lipinski definition) is 1. The first-order valence-electron chi connectivity index (χ1n) is 7.58. The Hall–Kier alpha value is -2.30. The maximum Gasteiger partial charge on any atom is 0.227 e. The molecule has 1 aromatic carbocycles. The largest absolute Gasteiger partial charge is 0.496 e. The van der Waals surface area contributed by atoms with Crippen LogP contribution >= 0.6 is 0 Å². The average molecular weight is 299 g/mol. The van der Waals surface area contributed by atoms with Crippen LogP contribution < -0.4 is 4.74 Å². The highest BCUT2D eigenvalue weighted by atomic mass is 16.5. The van der Waals surface area contributed by atoms with Crippen molar-refractivity contribution in [3.05, 3.63) is 47.5 Å². The molecule has 1 amide bonds. The van der Waals surface area contributed by atoms with Crippen molar-refractivity contribution >= 4 is 5.91 Å². The van der Waals surface area contributed by atoms with Gasteiger partial charge < -0.3 is 14.6 Å². The highest BCUT2D eigenvalue weighted by Gasteiger charge is 2.29. The molecular weight excluding hydrogens is 278 g/mol. The third-order valence-corrected chi connectivity index (χ3v) is 4.18. The Kier molecular flexibility index (Phi) is 4.13. The molecule has 2 heterocycles. The molecule has 0 bridgehead atoms. The van der Waals surface area contributed by atoms with Crippen molar-refractivity contribution in [1.82, 2.24) is 14.9 Å². The number of para-hydroxylation sites is 1. The summed E-state index contributed by atoms with van der Waals surface area (Å²) in [5, 5.41) is 0. The zero-order chi connectivity index (χ0) is 15.5. The van der Waals surface area contributed by atoms with E-state index in [9.17, 15) is 4.79 Å². The van der Waals surface area contributed by atoms with Crippen LogP contribution in [0.15, 0.2) is 30.5 Å². The first-order chi connectivity index (χ1) is 10.7. The van der Waals surface area contributed by atoms with Gasteiger partial charge in [0.2, 0.25) is 5.91 Å². The van der Waals surface area contributed by atoms with Crippen molar-refractivity contribution in [2.45, 2.75) is 25.7 Å². The first-order valence-corrected chi connectivity index (χ1v) is 7.58. The van der Waals surface area contributed by atoms with E-state index in [2.05, 4.69) is 9.97 Å². The van der Waals surface area contributed by atoms with E-state index in [1.54, 1.807) is 7.11 Å². The molecule has 0 radical (unpaired) electrons. The molecule has 0 saturated carbocycles. The molecule has 1 atom stereocenters. The van der Waals surface area contributed by atoms with E-state index in [4.69, 9.17) is 4.74 Å². The molecule has 1 N–H and O–H groups in total. The summed E-state index contributed by atoms with van der Waals surface area (Å²) in [4.78, 5) is 22.1. The SMILES string of the molecule is COc1ccccc1CC(=O)N1CC[C@H](c2ncc(C)[nH]2)C1. The summed E-state index contributed by atoms with van der Waals surface area (Å²) in [5.74, 6) is 2.23. The molecule has 2 aromatic rings. The van der Waals surface area contributed by atoms with Crippen LogP contribution in [0.4, 0.5) is 0 Å². The van der Waals surface area contributed by atoms with Crippen LogP contribution in [-0.2, 0) is 11.2 Å². The van der Waals surface area contributed by atoms with E-state index in [1.807, 2.05) is 42.3 Å². The van der Waals surface area contributed by atoms with Crippen molar-refractivity contribution in [2.75, 3.05) is 20.2 Å². The summed E-state index contributed by atoms with van der Waals surface area (Å²) in [7, 11) is 1.63. The third-order valence-electron chi connectivity index (χ3n) is 4.18. The van der Waals surface area contributed by atoms with Crippen LogP contribution in [0.1, 0.15) is 29.4 Å². The molecule has 1 saturated heterocycles. The van der Waals surface area contributed by atoms with E-state index in [-0.39, 0.29) is 5.91 Å². The number of hydrogen-bond acceptors (Lipinski definition) is 3. The summed E-state index contributed by atoms with van der Waals surface area (Å²) in [6.45, 7) is 3.52. The summed E-state index contributed by atoms with van der Waals surface area (Å²) in [6.07, 6.45) is 3.19. The molecule has 3 rings (SSSR count). The first kappa shape index (κ1) is 14.6. The van der Waals surface area contributed by atoms with E-state index in [0.29, 0.717) is 12.3 Å². The van der Waals surface area contributed by atoms with Crippen LogP contribution in [0.25, 0.3) is 0 Å². The summed E-state index contributed by atoms with van der Waals surface area (Å²) < 4.78 is 5.32. The van der Waals surface area contributed by atoms with Crippen LogP contribution in [0, 0.1) is 6.92 Å². The Morgan fingerprint density at radius 2 is 2.27 bits per heavy atom. The number of carbonyl (C=O) groups is 1. The number of carbonyl (C=O) groups excluding carboxylic acids is 1. The number of ether oxygens (including phenoxy) is 1. The number of methoxy groups -OCH3 is 1. The number of aromatic amines is 1. The second kappa shape index (κ2) is 6.22. The number of benzene rings is 1. The normalized spacial score (nSPS) is 17.7. The van der Waals surface area contributed by atoms with Crippen molar-refractivity contribution in [3.8, 4) is 5.75 Å². The maximum atomic E-state index is 12.5. The van der Waals surface area contributed by atoms with Crippen LogP contribution in [-0.4, -0.2) is 41.0 Å². The molecule has 1 fully saturated rings. The van der Waals surface area contributed by atoms with Gasteiger partial charge in [-0.1, -0.05) is 18.2 Å². The van der Waals surface area contributed by atoms with Crippen LogP contribution in [0.5, 0.6) is 5.75 Å². The van der Waals surface area contributed by atoms with Crippen LogP contribution in [0.3, 0.4) is 0 Å². The van der Waals surface area contributed by atoms with Crippen molar-refractivity contribution < 1.29 is 9.53 Å². The van der Waals surface area contributed by atoms with E-state index < -0.39 is 0 Å². The molecule has 1 aliphatic heterocycles. The maximum absolute atomic E-state index is 12.5. The van der Waals surface area contributed by atoms with Crippen LogP contribution in [0.2, 0.25) is 0 Å². The summed E-state index contributed by atoms with van der Waals surface area (Å²) in [5.41, 5.74) is 2.00. The smallest absolute Gasteiger partial charge is 0.227 e. The lowest BCUT2D eigenvalue weighted by atomic mass is 10.1. The van der Waals surface area contributed by atoms with Crippen molar-refractivity contribution in [3.63, 3.8) is 0 Å². The fourth-order valence-corrected chi connectivity index (χ4v) is 2.97. The van der Waals surface area contributed by atoms with Gasteiger partial charge in [-0.15, -0.1) is 0 Å². The molecule has 22 heavy (non-hydrogen) atoms. The number of nitrogens with zero attached hydrogens (tertiary/aromatic N) is 2. The van der Waals surface area contributed by atoms with E-state index >= 15 is 0 Å². The van der Waals surface area contributed by atoms with E-state index in [0.717, 1.165) is 42.3 Å². The fourth-order valence-electron chi connectivity index (χ4n) is 2.97. The molecule has 0 spiro atoms. The number of nitrogens with one attached hydrogen (secondary N) is 1. The van der Waals surface area contributed by atoms with Gasteiger partial charge in [0.05, 0.1) is 13.5 Å². The molecule has 1 aromatic heterocycles. The predicted octanol–water partition coefficient (Wildman–Crippen LogP) is 2.29. The average Bonchev–Trinajstić information content (AvgIpc) is 3.16. The Bertz CT molecular complexity index is 665. The Labute approximate surface area is 130 Å². The quantitative estimate of drug-likeness (QED) is 0.942. The number of rotatable bonds is 4. The molecule has 0 unspecified atom stereocenters. The van der Waals surface area contributed by atoms with E-state index in [1.165, 1.54) is 0 Å². The number of aryl methyl sites for hydroxylation is 1. The highest BCUT2D eigenvalue weighted by Crippen LogP contribution is 2.26. The second-order valence-electron chi connectivity index (χ2n) is 5.77. The van der Waals surface area contributed by atoms with Gasteiger partial charge in [-0.05, 0) is 19.4 Å². The lowest BCUT2D eigenvalue weighted by molar-refractivity contribution is -0.129. The van der Waals surface area contributed by atoms with Gasteiger partial charge in [0.15, 0.2) is 0 Å². The summed E-state index contributed by atoms with van der Waals surface area (Å²) >= 11 is 0. The monoisotopic (exact) mass is 299 g/mol. The number of H-pyrrole nitrogens is 1. The highest BCUT2D eigenvalue weighted by molar-refractivity contribution is 5.79. The zero-order valence-corrected chi connectivity index (χ0v) is 13.0. The third kappa shape index (κ3) is 2.98. The van der Waals surface area contributed by atoms with Gasteiger partial charge in [0.1, 0.15) is 11.6 Å². The molecule has 5 heteroatoms. The molecule has 1 aliphatic rings. The van der Waals surface area contributed by atoms with Crippen molar-refractivity contribution in [2.24, 2.45) is 0 Å². The molecular formula is C17H21N3O2. The Morgan fingerprint density at radius 3 is 3.00 bits per heavy atom. The number of amides is 1. The van der Waals surface area contributed by atoms with Crippen molar-refractivity contribution in [1.29, 1.82) is 0 Å². The molecule has 5 nitrogen and oxygen atoms in total. The van der Waals surface area contributed by atoms with Gasteiger partial charge in [-0.3, -0.25) is 4.79 Å². The second-order valence-corrected chi connectivity index (χ2v) is 5.77. The predicted molar refractivity (Wildman–Crippen MR) is 84.0 cm³/mol. The molecule has 0 aliphatic carbocycles. The van der Waals surface area contributed by atoms with Gasteiger partial charge in [-0.2, -0.15) is 0 Å². The van der Waals surface area contributed by atoms with Gasteiger partial charge >= 0.3 is 0 Å². The minimum atomic E-state index is 0.148. The standard InChI is InChI=1S/C17H21N3O2/c1-12-10-18-17(19-12)14-7-8-20(11-14)16(21)9-13-5-3-4-6-15(13)22-2/h3-6,10,14H,7-9,11H2,1-2H3,(H,18,19)/t14-/m0/s1. The Morgan fingerprint density at radius 1 is 1.45 bits per heavy atom. The van der Waals surface area contributed by atoms with Gasteiger partial charge in [-0.25, -0.2) is 4.98 Å². The van der Waals surface area contributed by atoms with Gasteiger partial charge in [0, 0.05) is 36.5 Å². The number of likely N-dealkylation sites (tertiary alicyclic amines) is 1. The zero-order valence-electron chi connectivity index (χ0n) is 13.0. The minimum absolute atomic E-state index is 0.148. The Balaban J connectivity index is 1.64. The minimum Gasteiger partial charge on any atom is -0.496 e. The number of imidazole rings is 1. The van der Waals surface area contributed by atoms with Gasteiger partial charge in [0.25, 0.3) is 0 Å². The fraction of sp³-hybridized carbons (Fsp3) is 0.412. The lowest BCUT2D eigenvalue weighted by Gasteiger charge is -2.17. The lowest BCUT2D eigenvalue weighted by Crippen LogP contribution is -2.30. The topological polar surface area (TPSA) is 58.2 Å². The summed E-state index contributed by atoms with van der Waals surface area (Å²) in [6, 6.07) is 7.68.